The van der Waals surface area contributed by atoms with E-state index in [0.29, 0.717) is 0 Å². The van der Waals surface area contributed by atoms with E-state index in [4.69, 9.17) is 0 Å². The molecule has 528 valence electrons. The summed E-state index contributed by atoms with van der Waals surface area (Å²) >= 11 is 0. The number of hydrogen-bond acceptors (Lipinski definition) is 0. The number of aromatic nitrogens is 2. The van der Waals surface area contributed by atoms with Crippen LogP contribution in [-0.2, 0) is 0 Å². The van der Waals surface area contributed by atoms with Crippen LogP contribution in [0, 0.1) is 6.92 Å². The van der Waals surface area contributed by atoms with Crippen molar-refractivity contribution in [3.8, 4) is 112 Å². The Morgan fingerprint density at radius 3 is 0.770 bits per heavy atom. The van der Waals surface area contributed by atoms with Gasteiger partial charge in [0.1, 0.15) is 0 Å². The summed E-state index contributed by atoms with van der Waals surface area (Å²) in [5, 5.41) is 17.7. The molecule has 2 heteroatoms. The number of nitrogens with zero attached hydrogens (tertiary/aromatic N) is 2. The highest BCUT2D eigenvalue weighted by atomic mass is 15.0. The fourth-order valence-electron chi connectivity index (χ4n) is 17.9. The van der Waals surface area contributed by atoms with Gasteiger partial charge < -0.3 is 9.13 Å². The second-order valence-corrected chi connectivity index (χ2v) is 29.8. The summed E-state index contributed by atoms with van der Waals surface area (Å²) in [7, 11) is 0. The van der Waals surface area contributed by atoms with Crippen LogP contribution in [0.2, 0.25) is 0 Å². The fraction of sp³-hybridized carbons (Fsp3) is 0.00901. The lowest BCUT2D eigenvalue weighted by atomic mass is 9.86. The molecule has 0 atom stereocenters. The van der Waals surface area contributed by atoms with Crippen molar-refractivity contribution in [3.05, 3.63) is 436 Å². The van der Waals surface area contributed by atoms with Gasteiger partial charge >= 0.3 is 0 Å². The van der Waals surface area contributed by atoms with Crippen molar-refractivity contribution < 1.29 is 0 Å². The van der Waals surface area contributed by atoms with E-state index in [1.54, 1.807) is 0 Å². The second kappa shape index (κ2) is 28.1. The van der Waals surface area contributed by atoms with Crippen LogP contribution in [0.5, 0.6) is 0 Å². The molecule has 0 saturated heterocycles. The molecule has 0 amide bonds. The van der Waals surface area contributed by atoms with Gasteiger partial charge in [-0.1, -0.05) is 357 Å². The van der Waals surface area contributed by atoms with Crippen molar-refractivity contribution in [3.63, 3.8) is 0 Å². The molecule has 0 saturated carbocycles. The zero-order valence-corrected chi connectivity index (χ0v) is 62.4. The molecule has 0 unspecified atom stereocenters. The molecular weight excluding hydrogens is 1360 g/mol. The Hall–Kier alpha value is -14.7. The summed E-state index contributed by atoms with van der Waals surface area (Å²) in [5.74, 6) is 0. The lowest BCUT2D eigenvalue weighted by Gasteiger charge is -2.18. The van der Waals surface area contributed by atoms with Gasteiger partial charge in [-0.3, -0.25) is 0 Å². The van der Waals surface area contributed by atoms with Gasteiger partial charge in [-0.05, 0) is 240 Å². The third-order valence-corrected chi connectivity index (χ3v) is 23.2. The van der Waals surface area contributed by atoms with Crippen LogP contribution < -0.4 is 0 Å². The number of aryl methyl sites for hydroxylation is 1. The van der Waals surface area contributed by atoms with Crippen molar-refractivity contribution >= 4 is 97.5 Å². The number of rotatable bonds is 11. The minimum atomic E-state index is 1.14. The highest BCUT2D eigenvalue weighted by Crippen LogP contribution is 2.48. The van der Waals surface area contributed by atoms with E-state index in [2.05, 4.69) is 447 Å². The van der Waals surface area contributed by atoms with Crippen molar-refractivity contribution in [1.29, 1.82) is 0 Å². The normalized spacial score (nSPS) is 11.6. The van der Waals surface area contributed by atoms with Gasteiger partial charge in [0.2, 0.25) is 0 Å². The molecule has 0 aliphatic heterocycles. The van der Waals surface area contributed by atoms with E-state index in [9.17, 15) is 0 Å². The van der Waals surface area contributed by atoms with Crippen molar-refractivity contribution in [2.24, 2.45) is 0 Å². The van der Waals surface area contributed by atoms with E-state index in [0.717, 1.165) is 11.4 Å². The number of fused-ring (bicyclic) bond motifs is 11. The number of para-hydroxylation sites is 2. The fourth-order valence-corrected chi connectivity index (χ4v) is 17.9. The lowest BCUT2D eigenvalue weighted by Crippen LogP contribution is -1.94. The molecule has 113 heavy (non-hydrogen) atoms. The first kappa shape index (κ1) is 66.5. The Kier molecular flexibility index (Phi) is 16.5. The zero-order valence-electron chi connectivity index (χ0n) is 62.4. The molecular formula is C111H74N2. The van der Waals surface area contributed by atoms with Gasteiger partial charge in [0, 0.05) is 32.9 Å². The quantitative estimate of drug-likeness (QED) is 0.114. The number of benzene rings is 20. The van der Waals surface area contributed by atoms with Gasteiger partial charge in [0.05, 0.1) is 22.1 Å². The minimum Gasteiger partial charge on any atom is -0.309 e. The topological polar surface area (TPSA) is 9.86 Å². The molecule has 0 spiro atoms. The van der Waals surface area contributed by atoms with Gasteiger partial charge in [-0.15, -0.1) is 0 Å². The summed E-state index contributed by atoms with van der Waals surface area (Å²) < 4.78 is 4.83. The molecule has 2 nitrogen and oxygen atoms in total. The molecule has 22 aromatic rings. The molecule has 20 aromatic carbocycles. The Labute approximate surface area is 656 Å². The second-order valence-electron chi connectivity index (χ2n) is 29.8. The molecule has 0 N–H and O–H groups in total. The summed E-state index contributed by atoms with van der Waals surface area (Å²) in [5.41, 5.74) is 30.6. The molecule has 0 fully saturated rings. The van der Waals surface area contributed by atoms with Gasteiger partial charge in [0.15, 0.2) is 0 Å². The van der Waals surface area contributed by atoms with E-state index < -0.39 is 0 Å². The van der Waals surface area contributed by atoms with E-state index in [1.807, 2.05) is 0 Å². The summed E-state index contributed by atoms with van der Waals surface area (Å²) in [6.07, 6.45) is 0. The third kappa shape index (κ3) is 11.8. The Morgan fingerprint density at radius 1 is 0.142 bits per heavy atom. The standard InChI is InChI=1S/C60H39N.C51H35N/c1-2-14-43(15-3-1)59-52-20-6-8-22-54(52)60(55-23-9-7-21-53(55)59)44-31-34-50(35-32-44)61-57-24-11-10-19-51(57)56-39-49(33-36-58(56)61)47-18-12-17-46(37-47)41-25-27-42(28-26-41)48-30-29-40-13-4-5-16-45(40)38-48;1-34-22-24-35(25-23-34)38-14-11-15-39(32-38)40-28-31-49-47(33-40)42-16-9-10-21-48(42)52(49)41-29-26-37(27-30-41)51-45-19-7-5-17-43(45)50(36-12-3-2-4-13-36)44-18-6-8-20-46(44)51/h1-39H;2-33H,1H3. The molecule has 0 aliphatic rings. The molecule has 0 bridgehead atoms. The predicted molar refractivity (Wildman–Crippen MR) is 483 cm³/mol. The van der Waals surface area contributed by atoms with Crippen molar-refractivity contribution in [2.75, 3.05) is 0 Å². The highest BCUT2D eigenvalue weighted by molar-refractivity contribution is 6.23. The van der Waals surface area contributed by atoms with Gasteiger partial charge in [-0.25, -0.2) is 0 Å². The van der Waals surface area contributed by atoms with Gasteiger partial charge in [0.25, 0.3) is 0 Å². The summed E-state index contributed by atoms with van der Waals surface area (Å²) in [6, 6.07) is 158. The van der Waals surface area contributed by atoms with E-state index in [-0.39, 0.29) is 0 Å². The van der Waals surface area contributed by atoms with E-state index in [1.165, 1.54) is 203 Å². The van der Waals surface area contributed by atoms with Crippen LogP contribution in [0.4, 0.5) is 0 Å². The lowest BCUT2D eigenvalue weighted by molar-refractivity contribution is 1.18. The predicted octanol–water partition coefficient (Wildman–Crippen LogP) is 30.6. The maximum atomic E-state index is 2.42. The molecule has 2 heterocycles. The Balaban J connectivity index is 0.000000144. The zero-order chi connectivity index (χ0) is 74.9. The Bertz CT molecular complexity index is 7320. The number of hydrogen-bond donors (Lipinski definition) is 0. The van der Waals surface area contributed by atoms with Crippen LogP contribution in [0.15, 0.2) is 431 Å². The van der Waals surface area contributed by atoms with Crippen LogP contribution in [0.25, 0.3) is 209 Å². The van der Waals surface area contributed by atoms with Crippen molar-refractivity contribution in [1.82, 2.24) is 9.13 Å². The van der Waals surface area contributed by atoms with Gasteiger partial charge in [-0.2, -0.15) is 0 Å². The molecule has 22 rings (SSSR count). The smallest absolute Gasteiger partial charge is 0.0541 e. The summed E-state index contributed by atoms with van der Waals surface area (Å²) in [4.78, 5) is 0. The molecule has 2 aromatic heterocycles. The van der Waals surface area contributed by atoms with Crippen LogP contribution >= 0.6 is 0 Å². The first-order chi connectivity index (χ1) is 56.0. The van der Waals surface area contributed by atoms with Crippen molar-refractivity contribution in [2.45, 2.75) is 6.92 Å². The third-order valence-electron chi connectivity index (χ3n) is 23.2. The highest BCUT2D eigenvalue weighted by Gasteiger charge is 2.22. The average molecular weight is 1440 g/mol. The van der Waals surface area contributed by atoms with Crippen LogP contribution in [0.1, 0.15) is 5.56 Å². The largest absolute Gasteiger partial charge is 0.309 e. The van der Waals surface area contributed by atoms with Crippen LogP contribution in [-0.4, -0.2) is 9.13 Å². The maximum absolute atomic E-state index is 2.42. The average Bonchev–Trinajstić information content (AvgIpc) is 1.73. The first-order valence-corrected chi connectivity index (χ1v) is 39.1. The van der Waals surface area contributed by atoms with E-state index >= 15 is 0 Å². The molecule has 0 radical (unpaired) electrons. The first-order valence-electron chi connectivity index (χ1n) is 39.1. The van der Waals surface area contributed by atoms with Crippen LogP contribution in [0.3, 0.4) is 0 Å². The summed E-state index contributed by atoms with van der Waals surface area (Å²) in [6.45, 7) is 2.13. The maximum Gasteiger partial charge on any atom is 0.0541 e. The molecule has 0 aliphatic carbocycles. The SMILES string of the molecule is Cc1ccc(-c2cccc(-c3ccc4c(c3)c3ccccc3n4-c3ccc(-c4c5ccccc5c(-c5ccccc5)c5ccccc45)cc3)c2)cc1.c1ccc(-c2c3ccccc3c(-c3ccc(-n4c5ccccc5c5cc(-c6cccc(-c7ccc(-c8ccc9ccccc9c8)cc7)c6)ccc54)cc3)c3ccccc23)cc1. The minimum absolute atomic E-state index is 1.14. The Morgan fingerprint density at radius 2 is 0.389 bits per heavy atom. The monoisotopic (exact) mass is 1430 g/mol.